The number of esters is 1. The summed E-state index contributed by atoms with van der Waals surface area (Å²) < 4.78 is 10.8. The van der Waals surface area contributed by atoms with Crippen LogP contribution in [0, 0.1) is 0 Å². The molecule has 0 spiro atoms. The van der Waals surface area contributed by atoms with E-state index in [0.29, 0.717) is 34.2 Å². The second kappa shape index (κ2) is 10.9. The van der Waals surface area contributed by atoms with E-state index in [1.807, 2.05) is 54.6 Å². The molecule has 4 aromatic rings. The van der Waals surface area contributed by atoms with Crippen LogP contribution in [0.1, 0.15) is 39.7 Å². The molecular weight excluding hydrogens is 473 g/mol. The van der Waals surface area contributed by atoms with E-state index >= 15 is 0 Å². The fourth-order valence-corrected chi connectivity index (χ4v) is 4.05. The zero-order chi connectivity index (χ0) is 24.1. The van der Waals surface area contributed by atoms with Gasteiger partial charge in [-0.05, 0) is 66.4 Å². The minimum Gasteiger partial charge on any atom is -0.487 e. The van der Waals surface area contributed by atoms with Gasteiger partial charge in [0.1, 0.15) is 12.4 Å². The van der Waals surface area contributed by atoms with Crippen molar-refractivity contribution in [3.8, 4) is 5.75 Å². The van der Waals surface area contributed by atoms with Crippen molar-refractivity contribution in [2.75, 3.05) is 7.11 Å². The number of halogens is 2. The lowest BCUT2D eigenvalue weighted by Gasteiger charge is -2.14. The normalized spacial score (nSPS) is 11.9. The van der Waals surface area contributed by atoms with Crippen LogP contribution >= 0.6 is 23.2 Å². The number of rotatable bonds is 8. The van der Waals surface area contributed by atoms with Crippen LogP contribution in [0.15, 0.2) is 72.8 Å². The molecule has 0 fully saturated rings. The van der Waals surface area contributed by atoms with E-state index in [1.54, 1.807) is 18.2 Å². The first-order chi connectivity index (χ1) is 16.4. The van der Waals surface area contributed by atoms with Gasteiger partial charge in [-0.1, -0.05) is 53.5 Å². The van der Waals surface area contributed by atoms with Gasteiger partial charge >= 0.3 is 5.97 Å². The number of methoxy groups -OCH3 is 1. The van der Waals surface area contributed by atoms with Crippen LogP contribution < -0.4 is 4.74 Å². The highest BCUT2D eigenvalue weighted by Gasteiger charge is 2.15. The molecule has 1 atom stereocenters. The molecule has 0 aliphatic carbocycles. The lowest BCUT2D eigenvalue weighted by molar-refractivity contribution is 0.0599. The number of aryl methyl sites for hydroxylation is 1. The van der Waals surface area contributed by atoms with E-state index in [0.717, 1.165) is 27.7 Å². The summed E-state index contributed by atoms with van der Waals surface area (Å²) in [6.45, 7) is 0.287. The van der Waals surface area contributed by atoms with Crippen molar-refractivity contribution in [2.45, 2.75) is 25.6 Å². The average Bonchev–Trinajstić information content (AvgIpc) is 2.85. The van der Waals surface area contributed by atoms with E-state index in [9.17, 15) is 9.90 Å². The molecule has 3 aromatic carbocycles. The van der Waals surface area contributed by atoms with E-state index in [2.05, 4.69) is 4.98 Å². The number of pyridine rings is 1. The molecule has 5 nitrogen and oxygen atoms in total. The minimum atomic E-state index is -0.731. The van der Waals surface area contributed by atoms with Gasteiger partial charge in [0.05, 0.1) is 30.0 Å². The first-order valence-corrected chi connectivity index (χ1v) is 11.5. The number of aliphatic hydroxyl groups is 1. The molecule has 4 rings (SSSR count). The second-order valence-electron chi connectivity index (χ2n) is 7.85. The van der Waals surface area contributed by atoms with Gasteiger partial charge in [0.15, 0.2) is 0 Å². The molecule has 34 heavy (non-hydrogen) atoms. The monoisotopic (exact) mass is 495 g/mol. The van der Waals surface area contributed by atoms with Crippen molar-refractivity contribution < 1.29 is 19.4 Å². The number of carbonyl (C=O) groups excluding carboxylic acids is 1. The summed E-state index contributed by atoms with van der Waals surface area (Å²) in [6, 6.07) is 21.9. The van der Waals surface area contributed by atoms with Crippen molar-refractivity contribution in [3.05, 3.63) is 105 Å². The van der Waals surface area contributed by atoms with E-state index < -0.39 is 12.1 Å². The zero-order valence-electron chi connectivity index (χ0n) is 18.5. The Hall–Kier alpha value is -3.12. The SMILES string of the molecule is COC(=O)c1cc(Cl)ccc1CC[C@@H](O)c1cccc(OCc2ccc3ccc(Cl)cc3n2)c1. The highest BCUT2D eigenvalue weighted by Crippen LogP contribution is 2.26. The van der Waals surface area contributed by atoms with Crippen LogP contribution in [0.3, 0.4) is 0 Å². The van der Waals surface area contributed by atoms with Crippen molar-refractivity contribution in [1.29, 1.82) is 0 Å². The van der Waals surface area contributed by atoms with Gasteiger partial charge in [0, 0.05) is 15.4 Å². The molecule has 1 aromatic heterocycles. The van der Waals surface area contributed by atoms with Gasteiger partial charge < -0.3 is 14.6 Å². The average molecular weight is 496 g/mol. The van der Waals surface area contributed by atoms with Crippen LogP contribution in [-0.2, 0) is 17.8 Å². The Balaban J connectivity index is 1.41. The molecule has 0 bridgehead atoms. The first kappa shape index (κ1) is 24.0. The lowest BCUT2D eigenvalue weighted by Crippen LogP contribution is -2.08. The zero-order valence-corrected chi connectivity index (χ0v) is 20.0. The summed E-state index contributed by atoms with van der Waals surface area (Å²) in [5.41, 5.74) is 3.49. The number of benzene rings is 3. The largest absolute Gasteiger partial charge is 0.487 e. The molecular formula is C27H23Cl2NO4. The molecule has 0 amide bonds. The Kier molecular flexibility index (Phi) is 7.68. The van der Waals surface area contributed by atoms with Crippen LogP contribution in [-0.4, -0.2) is 23.2 Å². The van der Waals surface area contributed by atoms with Crippen LogP contribution in [0.5, 0.6) is 5.75 Å². The van der Waals surface area contributed by atoms with Gasteiger partial charge in [-0.15, -0.1) is 0 Å². The van der Waals surface area contributed by atoms with Crippen molar-refractivity contribution >= 4 is 40.1 Å². The van der Waals surface area contributed by atoms with Gasteiger partial charge in [-0.25, -0.2) is 9.78 Å². The van der Waals surface area contributed by atoms with Crippen molar-refractivity contribution in [1.82, 2.24) is 4.98 Å². The number of fused-ring (bicyclic) bond motifs is 1. The predicted octanol–water partition coefficient (Wildman–Crippen LogP) is 6.57. The van der Waals surface area contributed by atoms with Crippen LogP contribution in [0.25, 0.3) is 10.9 Å². The number of aliphatic hydroxyl groups excluding tert-OH is 1. The summed E-state index contributed by atoms with van der Waals surface area (Å²) in [7, 11) is 1.33. The fourth-order valence-electron chi connectivity index (χ4n) is 3.71. The van der Waals surface area contributed by atoms with E-state index in [4.69, 9.17) is 32.7 Å². The molecule has 1 heterocycles. The molecule has 7 heteroatoms. The van der Waals surface area contributed by atoms with Crippen molar-refractivity contribution in [2.24, 2.45) is 0 Å². The van der Waals surface area contributed by atoms with Gasteiger partial charge in [0.25, 0.3) is 0 Å². The van der Waals surface area contributed by atoms with Crippen molar-refractivity contribution in [3.63, 3.8) is 0 Å². The fraction of sp³-hybridized carbons (Fsp3) is 0.185. The molecule has 0 saturated carbocycles. The minimum absolute atomic E-state index is 0.287. The molecule has 174 valence electrons. The maximum atomic E-state index is 12.1. The topological polar surface area (TPSA) is 68.7 Å². The quantitative estimate of drug-likeness (QED) is 0.280. The third-order valence-corrected chi connectivity index (χ3v) is 5.98. The van der Waals surface area contributed by atoms with Gasteiger partial charge in [-0.3, -0.25) is 0 Å². The Morgan fingerprint density at radius 1 is 1.00 bits per heavy atom. The lowest BCUT2D eigenvalue weighted by atomic mass is 9.98. The van der Waals surface area contributed by atoms with Gasteiger partial charge in [-0.2, -0.15) is 0 Å². The Bertz CT molecular complexity index is 1330. The third-order valence-electron chi connectivity index (χ3n) is 5.51. The smallest absolute Gasteiger partial charge is 0.338 e. The summed E-state index contributed by atoms with van der Waals surface area (Å²) in [6.07, 6.45) is 0.171. The number of aromatic nitrogens is 1. The Labute approximate surface area is 207 Å². The standard InChI is InChI=1S/C27H23Cl2NO4/c1-33-27(32)24-14-20(28)9-5-17(24)8-12-26(31)19-3-2-4-23(13-19)34-16-22-11-7-18-6-10-21(29)15-25(18)30-22/h2-7,9-11,13-15,26,31H,8,12,16H2,1H3/t26-/m1/s1. The summed E-state index contributed by atoms with van der Waals surface area (Å²) in [5.74, 6) is 0.179. The summed E-state index contributed by atoms with van der Waals surface area (Å²) >= 11 is 12.1. The predicted molar refractivity (Wildman–Crippen MR) is 134 cm³/mol. The number of ether oxygens (including phenoxy) is 2. The Morgan fingerprint density at radius 3 is 2.59 bits per heavy atom. The van der Waals surface area contributed by atoms with Crippen LogP contribution in [0.2, 0.25) is 10.0 Å². The molecule has 0 saturated heterocycles. The highest BCUT2D eigenvalue weighted by molar-refractivity contribution is 6.31. The molecule has 0 unspecified atom stereocenters. The number of carbonyl (C=O) groups is 1. The summed E-state index contributed by atoms with van der Waals surface area (Å²) in [4.78, 5) is 16.7. The number of hydrogen-bond acceptors (Lipinski definition) is 5. The van der Waals surface area contributed by atoms with Gasteiger partial charge in [0.2, 0.25) is 0 Å². The molecule has 1 N–H and O–H groups in total. The molecule has 0 radical (unpaired) electrons. The number of hydrogen-bond donors (Lipinski definition) is 1. The summed E-state index contributed by atoms with van der Waals surface area (Å²) in [5, 5.41) is 12.9. The van der Waals surface area contributed by atoms with E-state index in [-0.39, 0.29) is 6.61 Å². The maximum absolute atomic E-state index is 12.1. The highest BCUT2D eigenvalue weighted by atomic mass is 35.5. The maximum Gasteiger partial charge on any atom is 0.338 e. The second-order valence-corrected chi connectivity index (χ2v) is 8.72. The molecule has 0 aliphatic rings. The van der Waals surface area contributed by atoms with Crippen LogP contribution in [0.4, 0.5) is 0 Å². The first-order valence-electron chi connectivity index (χ1n) is 10.8. The van der Waals surface area contributed by atoms with E-state index in [1.165, 1.54) is 7.11 Å². The molecule has 0 aliphatic heterocycles. The third kappa shape index (κ3) is 5.86. The number of nitrogens with zero attached hydrogens (tertiary/aromatic N) is 1. The Morgan fingerprint density at radius 2 is 1.76 bits per heavy atom.